The Morgan fingerprint density at radius 2 is 1.32 bits per heavy atom. The number of hydrogen-bond acceptors (Lipinski definition) is 4. The Labute approximate surface area is 213 Å². The van der Waals surface area contributed by atoms with Crippen LogP contribution in [0.1, 0.15) is 110 Å². The molecule has 3 N–H and O–H groups in total. The summed E-state index contributed by atoms with van der Waals surface area (Å²) in [5.41, 5.74) is 0. The van der Waals surface area contributed by atoms with Gasteiger partial charge in [-0.15, -0.1) is 0 Å². The summed E-state index contributed by atoms with van der Waals surface area (Å²) in [4.78, 5) is 15.8. The van der Waals surface area contributed by atoms with Crippen molar-refractivity contribution in [1.29, 1.82) is 0 Å². The molecule has 0 radical (unpaired) electrons. The molecule has 0 aromatic rings. The second-order valence-corrected chi connectivity index (χ2v) is 8.87. The molecule has 31 heavy (non-hydrogen) atoms. The van der Waals surface area contributed by atoms with Crippen LogP contribution in [0.15, 0.2) is 4.99 Å². The topological polar surface area (TPSA) is 99.9 Å². The van der Waals surface area contributed by atoms with Crippen LogP contribution >= 0.6 is 0 Å². The number of unbranched alkanes of at least 4 members (excludes halogenated alkanes) is 14. The molecule has 6 nitrogen and oxygen atoms in total. The van der Waals surface area contributed by atoms with E-state index in [0.29, 0.717) is 17.6 Å². The molecule has 0 saturated carbocycles. The van der Waals surface area contributed by atoms with Crippen molar-refractivity contribution in [3.8, 4) is 0 Å². The molecule has 1 atom stereocenters. The molecule has 0 aliphatic carbocycles. The van der Waals surface area contributed by atoms with Gasteiger partial charge in [-0.2, -0.15) is 0 Å². The molecule has 7 heteroatoms. The van der Waals surface area contributed by atoms with Crippen LogP contribution in [0.25, 0.3) is 0 Å². The van der Waals surface area contributed by atoms with Crippen molar-refractivity contribution in [2.75, 3.05) is 32.8 Å². The van der Waals surface area contributed by atoms with E-state index in [-0.39, 0.29) is 48.2 Å². The number of carbonyl (C=O) groups is 1. The van der Waals surface area contributed by atoms with Crippen LogP contribution in [0.2, 0.25) is 0 Å². The average Bonchev–Trinajstić information content (AvgIpc) is 3.06. The first-order chi connectivity index (χ1) is 14.1. The van der Waals surface area contributed by atoms with E-state index in [1.165, 1.54) is 89.9 Å². The monoisotopic (exact) mass is 451 g/mol. The van der Waals surface area contributed by atoms with E-state index in [1.807, 2.05) is 0 Å². The summed E-state index contributed by atoms with van der Waals surface area (Å²) in [5, 5.41) is 18.6. The summed E-state index contributed by atoms with van der Waals surface area (Å²) < 4.78 is 0.366. The molecule has 1 unspecified atom stereocenters. The maximum Gasteiger partial charge on any atom is 1.00 e. The van der Waals surface area contributed by atoms with Gasteiger partial charge in [-0.25, -0.2) is 9.79 Å². The first-order valence-corrected chi connectivity index (χ1v) is 12.4. The quantitative estimate of drug-likeness (QED) is 0.169. The van der Waals surface area contributed by atoms with Gasteiger partial charge >= 0.3 is 35.5 Å². The van der Waals surface area contributed by atoms with E-state index in [9.17, 15) is 15.0 Å². The summed E-state index contributed by atoms with van der Waals surface area (Å²) in [6.45, 7) is 4.24. The van der Waals surface area contributed by atoms with Crippen molar-refractivity contribution in [3.05, 3.63) is 0 Å². The van der Waals surface area contributed by atoms with Gasteiger partial charge in [0.1, 0.15) is 13.1 Å². The van der Waals surface area contributed by atoms with Crippen molar-refractivity contribution in [3.63, 3.8) is 0 Å². The van der Waals surface area contributed by atoms with E-state index in [4.69, 9.17) is 0 Å². The van der Waals surface area contributed by atoms with Crippen molar-refractivity contribution in [2.45, 2.75) is 110 Å². The van der Waals surface area contributed by atoms with Crippen molar-refractivity contribution in [1.82, 2.24) is 0 Å². The summed E-state index contributed by atoms with van der Waals surface area (Å²) in [6.07, 6.45) is 21.1. The molecule has 1 aliphatic heterocycles. The van der Waals surface area contributed by atoms with Gasteiger partial charge in [0, 0.05) is 6.42 Å². The molecular weight excluding hydrogens is 403 g/mol. The molecule has 1 rings (SSSR count). The standard InChI is InChI=1S/C24H46N2O3.Na.H2O/c1-2-3-4-5-6-7-8-9-10-11-12-13-14-15-16-17-23-25-18-19-26(23,20-21-27)22-24(28)29;;/h27H,2-22H2,1H3;;1H2/q;+1;. The summed E-state index contributed by atoms with van der Waals surface area (Å²) in [5.74, 6) is 0.195. The molecule has 1 aliphatic rings. The zero-order valence-corrected chi connectivity index (χ0v) is 22.5. The van der Waals surface area contributed by atoms with Crippen molar-refractivity contribution < 1.29 is 54.5 Å². The van der Waals surface area contributed by atoms with Crippen LogP contribution in [0.5, 0.6) is 0 Å². The minimum atomic E-state index is -0.801. The molecule has 0 aromatic heterocycles. The molecule has 0 fully saturated rings. The third-order valence-corrected chi connectivity index (χ3v) is 6.34. The predicted octanol–water partition coefficient (Wildman–Crippen LogP) is 2.38. The second-order valence-electron chi connectivity index (χ2n) is 8.87. The van der Waals surface area contributed by atoms with Crippen molar-refractivity contribution in [2.24, 2.45) is 4.99 Å². The average molecular weight is 452 g/mol. The van der Waals surface area contributed by atoms with Crippen LogP contribution in [-0.4, -0.2) is 64.8 Å². The predicted molar refractivity (Wildman–Crippen MR) is 123 cm³/mol. The zero-order chi connectivity index (χ0) is 21.2. The van der Waals surface area contributed by atoms with Crippen LogP contribution in [0.4, 0.5) is 0 Å². The summed E-state index contributed by atoms with van der Waals surface area (Å²) in [6, 6.07) is 0. The summed E-state index contributed by atoms with van der Waals surface area (Å²) >= 11 is 0. The Morgan fingerprint density at radius 1 is 0.871 bits per heavy atom. The maximum atomic E-state index is 11.2. The Morgan fingerprint density at radius 3 is 1.74 bits per heavy atom. The van der Waals surface area contributed by atoms with Crippen LogP contribution in [0, 0.1) is 0 Å². The molecule has 1 heterocycles. The fraction of sp³-hybridized carbons (Fsp3) is 0.917. The Kier molecular flexibility index (Phi) is 23.4. The maximum absolute atomic E-state index is 11.2. The van der Waals surface area contributed by atoms with Crippen LogP contribution < -0.4 is 29.6 Å². The number of amidine groups is 1. The van der Waals surface area contributed by atoms with E-state index >= 15 is 0 Å². The molecule has 0 bridgehead atoms. The number of aliphatic carboxylic acids is 1. The van der Waals surface area contributed by atoms with Gasteiger partial charge in [-0.05, 0) is 6.42 Å². The second kappa shape index (κ2) is 21.8. The number of rotatable bonds is 20. The van der Waals surface area contributed by atoms with E-state index in [1.54, 1.807) is 0 Å². The van der Waals surface area contributed by atoms with Gasteiger partial charge in [0.15, 0.2) is 12.4 Å². The van der Waals surface area contributed by atoms with Gasteiger partial charge < -0.3 is 15.7 Å². The number of carboxylic acid groups (broad SMARTS) is 1. The number of nitrogens with zero attached hydrogens (tertiary/aromatic N) is 2. The normalized spacial score (nSPS) is 17.7. The largest absolute Gasteiger partial charge is 1.00 e. The molecular formula is C24H48N2NaO4+. The van der Waals surface area contributed by atoms with Crippen LogP contribution in [-0.2, 0) is 4.79 Å². The van der Waals surface area contributed by atoms with Gasteiger partial charge in [0.25, 0.3) is 0 Å². The molecule has 0 spiro atoms. The SMILES string of the molecule is CCCCCCCCCCCCCCCCCC1=NCC[N+]1(CCO)CC(=O)O.[Na+].[OH-]. The minimum Gasteiger partial charge on any atom is -0.870 e. The molecule has 178 valence electrons. The first-order valence-electron chi connectivity index (χ1n) is 12.4. The number of aliphatic hydroxyl groups excluding tert-OH is 1. The fourth-order valence-electron chi connectivity index (χ4n) is 4.56. The number of hydrogen-bond donors (Lipinski definition) is 2. The van der Waals surface area contributed by atoms with Gasteiger partial charge in [-0.1, -0.05) is 96.8 Å². The number of aliphatic hydroxyl groups is 1. The van der Waals surface area contributed by atoms with E-state index < -0.39 is 5.97 Å². The van der Waals surface area contributed by atoms with Gasteiger partial charge in [0.05, 0.1) is 13.2 Å². The Balaban J connectivity index is 0. The molecule has 0 saturated heterocycles. The third-order valence-electron chi connectivity index (χ3n) is 6.34. The van der Waals surface area contributed by atoms with Gasteiger partial charge in [-0.3, -0.25) is 4.48 Å². The molecule has 0 aromatic carbocycles. The van der Waals surface area contributed by atoms with Crippen LogP contribution in [0.3, 0.4) is 0 Å². The Bertz CT molecular complexity index is 463. The third kappa shape index (κ3) is 15.5. The smallest absolute Gasteiger partial charge is 0.870 e. The number of carboxylic acids is 1. The Hall–Kier alpha value is 0.0200. The zero-order valence-electron chi connectivity index (χ0n) is 20.5. The minimum absolute atomic E-state index is 0. The van der Waals surface area contributed by atoms with E-state index in [2.05, 4.69) is 11.9 Å². The fourth-order valence-corrected chi connectivity index (χ4v) is 4.56. The summed E-state index contributed by atoms with van der Waals surface area (Å²) in [7, 11) is 0. The van der Waals surface area contributed by atoms with Crippen molar-refractivity contribution >= 4 is 11.8 Å². The molecule has 0 amide bonds. The number of quaternary nitrogens is 1. The first kappa shape index (κ1) is 33.2. The number of aliphatic imine (C=N–C) groups is 1. The van der Waals surface area contributed by atoms with E-state index in [0.717, 1.165) is 25.2 Å². The van der Waals surface area contributed by atoms with Gasteiger partial charge in [0.2, 0.25) is 0 Å².